The molecular formula is C20H36Cl2N4O2. The van der Waals surface area contributed by atoms with E-state index in [1.807, 2.05) is 9.80 Å². The first-order chi connectivity index (χ1) is 12.6. The molecule has 0 spiro atoms. The van der Waals surface area contributed by atoms with Gasteiger partial charge in [-0.1, -0.05) is 6.42 Å². The molecule has 2 aliphatic heterocycles. The molecule has 0 aromatic heterocycles. The zero-order valence-corrected chi connectivity index (χ0v) is 18.4. The van der Waals surface area contributed by atoms with E-state index in [4.69, 9.17) is 5.73 Å². The average Bonchev–Trinajstić information content (AvgIpc) is 3.14. The van der Waals surface area contributed by atoms with Crippen LogP contribution in [-0.2, 0) is 9.59 Å². The summed E-state index contributed by atoms with van der Waals surface area (Å²) in [5.74, 6) is 1.80. The van der Waals surface area contributed by atoms with Crippen molar-refractivity contribution in [3.05, 3.63) is 0 Å². The number of hydrogen-bond acceptors (Lipinski definition) is 4. The van der Waals surface area contributed by atoms with Crippen LogP contribution in [0, 0.1) is 17.8 Å². The lowest BCUT2D eigenvalue weighted by Gasteiger charge is -2.45. The standard InChI is InChI=1S/C20H34N4O2.2ClH/c21-19-15-4-3-5-16(19)13-17(12-15)20(26)24-10-8-23(9-11-24)18(25)14-22-6-1-2-7-22;;/h15-17,19H,1-14,21H2;2*1H. The Morgan fingerprint density at radius 2 is 1.32 bits per heavy atom. The molecule has 4 aliphatic rings. The second kappa shape index (κ2) is 10.5. The summed E-state index contributed by atoms with van der Waals surface area (Å²) < 4.78 is 0. The van der Waals surface area contributed by atoms with E-state index in [1.165, 1.54) is 32.1 Å². The smallest absolute Gasteiger partial charge is 0.236 e. The third-order valence-corrected chi connectivity index (χ3v) is 7.26. The molecule has 2 saturated carbocycles. The van der Waals surface area contributed by atoms with Gasteiger partial charge in [0.05, 0.1) is 6.54 Å². The van der Waals surface area contributed by atoms with Crippen molar-refractivity contribution >= 4 is 36.6 Å². The number of amides is 2. The number of carbonyl (C=O) groups excluding carboxylic acids is 2. The third kappa shape index (κ3) is 5.13. The molecule has 4 fully saturated rings. The molecule has 2 aliphatic carbocycles. The maximum Gasteiger partial charge on any atom is 0.236 e. The number of likely N-dealkylation sites (tertiary alicyclic amines) is 1. The Hall–Kier alpha value is -0.560. The van der Waals surface area contributed by atoms with Gasteiger partial charge in [0.25, 0.3) is 0 Å². The molecule has 2 bridgehead atoms. The Labute approximate surface area is 181 Å². The number of halogens is 2. The van der Waals surface area contributed by atoms with E-state index in [0.29, 0.717) is 56.5 Å². The fourth-order valence-electron chi connectivity index (χ4n) is 5.66. The normalized spacial score (nSPS) is 33.0. The SMILES string of the molecule is Cl.Cl.NC1C2CCCC1CC(C(=O)N1CCN(C(=O)CN3CCCC3)CC1)C2. The summed E-state index contributed by atoms with van der Waals surface area (Å²) in [7, 11) is 0. The number of hydrogen-bond donors (Lipinski definition) is 1. The van der Waals surface area contributed by atoms with Crippen LogP contribution in [0.1, 0.15) is 44.9 Å². The van der Waals surface area contributed by atoms with Crippen molar-refractivity contribution in [3.63, 3.8) is 0 Å². The van der Waals surface area contributed by atoms with Crippen LogP contribution in [0.5, 0.6) is 0 Å². The van der Waals surface area contributed by atoms with Crippen molar-refractivity contribution in [2.45, 2.75) is 51.0 Å². The van der Waals surface area contributed by atoms with Crippen LogP contribution in [0.3, 0.4) is 0 Å². The van der Waals surface area contributed by atoms with Crippen molar-refractivity contribution in [3.8, 4) is 0 Å². The molecule has 2 N–H and O–H groups in total. The van der Waals surface area contributed by atoms with Gasteiger partial charge in [0.15, 0.2) is 0 Å². The van der Waals surface area contributed by atoms with Crippen LogP contribution >= 0.6 is 24.8 Å². The first-order valence-corrected chi connectivity index (χ1v) is 10.7. The van der Waals surface area contributed by atoms with Gasteiger partial charge in [-0.3, -0.25) is 14.5 Å². The largest absolute Gasteiger partial charge is 0.339 e. The van der Waals surface area contributed by atoms with Crippen LogP contribution in [-0.4, -0.2) is 78.4 Å². The lowest BCUT2D eigenvalue weighted by atomic mass is 9.65. The molecule has 8 heteroatoms. The van der Waals surface area contributed by atoms with Crippen molar-refractivity contribution in [2.75, 3.05) is 45.8 Å². The van der Waals surface area contributed by atoms with E-state index >= 15 is 0 Å². The number of nitrogens with two attached hydrogens (primary N) is 1. The van der Waals surface area contributed by atoms with E-state index < -0.39 is 0 Å². The Kier molecular flexibility index (Phi) is 8.86. The van der Waals surface area contributed by atoms with Crippen LogP contribution < -0.4 is 5.73 Å². The summed E-state index contributed by atoms with van der Waals surface area (Å²) in [6.45, 7) is 5.43. The van der Waals surface area contributed by atoms with Crippen molar-refractivity contribution < 1.29 is 9.59 Å². The summed E-state index contributed by atoms with van der Waals surface area (Å²) in [5, 5.41) is 0. The summed E-state index contributed by atoms with van der Waals surface area (Å²) in [5.41, 5.74) is 6.37. The molecule has 2 heterocycles. The highest BCUT2D eigenvalue weighted by Gasteiger charge is 2.42. The number of fused-ring (bicyclic) bond motifs is 2. The van der Waals surface area contributed by atoms with E-state index in [2.05, 4.69) is 4.90 Å². The predicted molar refractivity (Wildman–Crippen MR) is 115 cm³/mol. The highest BCUT2D eigenvalue weighted by Crippen LogP contribution is 2.42. The molecule has 2 unspecified atom stereocenters. The topological polar surface area (TPSA) is 69.9 Å². The Balaban J connectivity index is 0.00000140. The molecule has 2 amide bonds. The molecule has 162 valence electrons. The van der Waals surface area contributed by atoms with Gasteiger partial charge in [-0.15, -0.1) is 24.8 Å². The molecule has 2 saturated heterocycles. The fourth-order valence-corrected chi connectivity index (χ4v) is 5.66. The monoisotopic (exact) mass is 434 g/mol. The molecular weight excluding hydrogens is 399 g/mol. The van der Waals surface area contributed by atoms with Crippen LogP contribution in [0.25, 0.3) is 0 Å². The fraction of sp³-hybridized carbons (Fsp3) is 0.900. The third-order valence-electron chi connectivity index (χ3n) is 7.26. The minimum Gasteiger partial charge on any atom is -0.339 e. The first-order valence-electron chi connectivity index (χ1n) is 10.7. The number of rotatable bonds is 3. The van der Waals surface area contributed by atoms with Crippen molar-refractivity contribution in [2.24, 2.45) is 23.5 Å². The van der Waals surface area contributed by atoms with Crippen LogP contribution in [0.2, 0.25) is 0 Å². The minimum absolute atomic E-state index is 0. The highest BCUT2D eigenvalue weighted by atomic mass is 35.5. The van der Waals surface area contributed by atoms with Crippen LogP contribution in [0.15, 0.2) is 0 Å². The molecule has 2 atom stereocenters. The van der Waals surface area contributed by atoms with Gasteiger partial charge in [-0.2, -0.15) is 0 Å². The number of nitrogens with zero attached hydrogens (tertiary/aromatic N) is 3. The molecule has 0 aromatic carbocycles. The van der Waals surface area contributed by atoms with Gasteiger partial charge in [-0.25, -0.2) is 0 Å². The number of piperazine rings is 1. The molecule has 0 radical (unpaired) electrons. The summed E-state index contributed by atoms with van der Waals surface area (Å²) in [6, 6.07) is 0.313. The van der Waals surface area contributed by atoms with Crippen LogP contribution in [0.4, 0.5) is 0 Å². The van der Waals surface area contributed by atoms with Crippen molar-refractivity contribution in [1.29, 1.82) is 0 Å². The summed E-state index contributed by atoms with van der Waals surface area (Å²) in [4.78, 5) is 31.7. The maximum atomic E-state index is 13.0. The van der Waals surface area contributed by atoms with E-state index in [0.717, 1.165) is 25.9 Å². The second-order valence-electron chi connectivity index (χ2n) is 8.89. The van der Waals surface area contributed by atoms with E-state index in [-0.39, 0.29) is 36.6 Å². The zero-order valence-electron chi connectivity index (χ0n) is 16.8. The van der Waals surface area contributed by atoms with Gasteiger partial charge < -0.3 is 15.5 Å². The number of carbonyl (C=O) groups is 2. The van der Waals surface area contributed by atoms with Gasteiger partial charge in [0.1, 0.15) is 0 Å². The molecule has 28 heavy (non-hydrogen) atoms. The molecule has 0 aromatic rings. The lowest BCUT2D eigenvalue weighted by Crippen LogP contribution is -2.55. The Morgan fingerprint density at radius 1 is 0.786 bits per heavy atom. The minimum atomic E-state index is 0. The lowest BCUT2D eigenvalue weighted by molar-refractivity contribution is -0.144. The average molecular weight is 435 g/mol. The highest BCUT2D eigenvalue weighted by molar-refractivity contribution is 5.85. The maximum absolute atomic E-state index is 13.0. The summed E-state index contributed by atoms with van der Waals surface area (Å²) >= 11 is 0. The first kappa shape index (κ1) is 23.7. The van der Waals surface area contributed by atoms with E-state index in [1.54, 1.807) is 0 Å². The molecule has 6 nitrogen and oxygen atoms in total. The summed E-state index contributed by atoms with van der Waals surface area (Å²) in [6.07, 6.45) is 8.04. The second-order valence-corrected chi connectivity index (χ2v) is 8.89. The quantitative estimate of drug-likeness (QED) is 0.734. The Bertz CT molecular complexity index is 522. The zero-order chi connectivity index (χ0) is 18.1. The van der Waals surface area contributed by atoms with Gasteiger partial charge in [0.2, 0.25) is 11.8 Å². The predicted octanol–water partition coefficient (Wildman–Crippen LogP) is 1.75. The van der Waals surface area contributed by atoms with Gasteiger partial charge >= 0.3 is 0 Å². The van der Waals surface area contributed by atoms with Crippen molar-refractivity contribution in [1.82, 2.24) is 14.7 Å². The Morgan fingerprint density at radius 3 is 1.89 bits per heavy atom. The van der Waals surface area contributed by atoms with Gasteiger partial charge in [0, 0.05) is 38.1 Å². The van der Waals surface area contributed by atoms with Gasteiger partial charge in [-0.05, 0) is 63.5 Å². The van der Waals surface area contributed by atoms with E-state index in [9.17, 15) is 9.59 Å². The molecule has 4 rings (SSSR count).